The molecule has 0 unspecified atom stereocenters. The van der Waals surface area contributed by atoms with Crippen LogP contribution in [0, 0.1) is 6.92 Å². The van der Waals surface area contributed by atoms with Crippen molar-refractivity contribution in [3.63, 3.8) is 0 Å². The fourth-order valence-corrected chi connectivity index (χ4v) is 1.78. The Morgan fingerprint density at radius 2 is 2.17 bits per heavy atom. The number of aryl methyl sites for hydroxylation is 1. The number of carbonyl (C=O) groups is 1. The van der Waals surface area contributed by atoms with E-state index in [0.29, 0.717) is 22.0 Å². The van der Waals surface area contributed by atoms with Gasteiger partial charge in [0.2, 0.25) is 0 Å². The number of amides is 1. The highest BCUT2D eigenvalue weighted by atomic mass is 35.5. The molecule has 2 aromatic rings. The van der Waals surface area contributed by atoms with Gasteiger partial charge in [-0.1, -0.05) is 11.6 Å². The number of pyridine rings is 1. The number of aromatic nitrogens is 1. The van der Waals surface area contributed by atoms with E-state index in [1.165, 1.54) is 12.4 Å². The van der Waals surface area contributed by atoms with E-state index in [0.717, 1.165) is 5.56 Å². The molecule has 1 heterocycles. The van der Waals surface area contributed by atoms with Crippen molar-refractivity contribution in [3.05, 3.63) is 52.8 Å². The normalized spacial score (nSPS) is 10.1. The largest absolute Gasteiger partial charge is 0.399 e. The highest BCUT2D eigenvalue weighted by Gasteiger charge is 2.11. The summed E-state index contributed by atoms with van der Waals surface area (Å²) in [6, 6.07) is 6.86. The lowest BCUT2D eigenvalue weighted by atomic mass is 10.1. The van der Waals surface area contributed by atoms with Gasteiger partial charge in [-0.2, -0.15) is 0 Å². The summed E-state index contributed by atoms with van der Waals surface area (Å²) >= 11 is 5.91. The summed E-state index contributed by atoms with van der Waals surface area (Å²) in [6.45, 7) is 1.88. The predicted molar refractivity (Wildman–Crippen MR) is 72.8 cm³/mol. The Hall–Kier alpha value is -2.07. The van der Waals surface area contributed by atoms with Crippen molar-refractivity contribution in [1.29, 1.82) is 0 Å². The molecule has 4 nitrogen and oxygen atoms in total. The minimum Gasteiger partial charge on any atom is -0.399 e. The molecule has 0 fully saturated rings. The summed E-state index contributed by atoms with van der Waals surface area (Å²) in [5, 5.41) is 3.11. The molecule has 5 heteroatoms. The van der Waals surface area contributed by atoms with Crippen molar-refractivity contribution in [2.24, 2.45) is 0 Å². The maximum atomic E-state index is 12.0. The Balaban J connectivity index is 2.24. The van der Waals surface area contributed by atoms with E-state index in [4.69, 9.17) is 17.3 Å². The molecule has 0 saturated carbocycles. The van der Waals surface area contributed by atoms with Crippen molar-refractivity contribution in [3.8, 4) is 0 Å². The average molecular weight is 262 g/mol. The first kappa shape index (κ1) is 12.4. The fourth-order valence-electron chi connectivity index (χ4n) is 1.58. The lowest BCUT2D eigenvalue weighted by molar-refractivity contribution is 0.102. The minimum atomic E-state index is -0.268. The SMILES string of the molecule is Cc1cc(N)ccc1NC(=O)c1ccncc1Cl. The van der Waals surface area contributed by atoms with Crippen LogP contribution in [0.1, 0.15) is 15.9 Å². The Bertz CT molecular complexity index is 599. The lowest BCUT2D eigenvalue weighted by Crippen LogP contribution is -2.13. The van der Waals surface area contributed by atoms with Crippen LogP contribution >= 0.6 is 11.6 Å². The van der Waals surface area contributed by atoms with Crippen LogP contribution in [-0.4, -0.2) is 10.9 Å². The van der Waals surface area contributed by atoms with Crippen molar-refractivity contribution < 1.29 is 4.79 Å². The Morgan fingerprint density at radius 3 is 2.83 bits per heavy atom. The van der Waals surface area contributed by atoms with Gasteiger partial charge in [-0.05, 0) is 36.8 Å². The summed E-state index contributed by atoms with van der Waals surface area (Å²) in [6.07, 6.45) is 2.96. The van der Waals surface area contributed by atoms with E-state index in [9.17, 15) is 4.79 Å². The first-order chi connectivity index (χ1) is 8.58. The number of benzene rings is 1. The van der Waals surface area contributed by atoms with Gasteiger partial charge in [0.05, 0.1) is 10.6 Å². The first-order valence-electron chi connectivity index (χ1n) is 5.35. The highest BCUT2D eigenvalue weighted by molar-refractivity contribution is 6.34. The second kappa shape index (κ2) is 5.06. The molecule has 0 saturated heterocycles. The smallest absolute Gasteiger partial charge is 0.257 e. The maximum absolute atomic E-state index is 12.0. The molecule has 0 atom stereocenters. The zero-order valence-electron chi connectivity index (χ0n) is 9.77. The minimum absolute atomic E-state index is 0.268. The number of hydrogen-bond donors (Lipinski definition) is 2. The molecule has 3 N–H and O–H groups in total. The Morgan fingerprint density at radius 1 is 1.39 bits per heavy atom. The quantitative estimate of drug-likeness (QED) is 0.817. The third kappa shape index (κ3) is 2.60. The van der Waals surface area contributed by atoms with E-state index < -0.39 is 0 Å². The number of nitrogen functional groups attached to an aromatic ring is 1. The number of anilines is 2. The number of rotatable bonds is 2. The van der Waals surface area contributed by atoms with Crippen molar-refractivity contribution in [1.82, 2.24) is 4.98 Å². The lowest BCUT2D eigenvalue weighted by Gasteiger charge is -2.09. The third-order valence-corrected chi connectivity index (χ3v) is 2.82. The van der Waals surface area contributed by atoms with E-state index in [1.807, 2.05) is 6.92 Å². The molecular weight excluding hydrogens is 250 g/mol. The van der Waals surface area contributed by atoms with Crippen LogP contribution in [-0.2, 0) is 0 Å². The molecule has 18 heavy (non-hydrogen) atoms. The fraction of sp³-hybridized carbons (Fsp3) is 0.0769. The van der Waals surface area contributed by atoms with Crippen molar-refractivity contribution in [2.75, 3.05) is 11.1 Å². The van der Waals surface area contributed by atoms with Gasteiger partial charge >= 0.3 is 0 Å². The molecule has 0 spiro atoms. The summed E-state index contributed by atoms with van der Waals surface area (Å²) in [7, 11) is 0. The van der Waals surface area contributed by atoms with E-state index >= 15 is 0 Å². The molecule has 0 aliphatic heterocycles. The molecule has 1 aromatic carbocycles. The molecular formula is C13H12ClN3O. The first-order valence-corrected chi connectivity index (χ1v) is 5.72. The van der Waals surface area contributed by atoms with Crippen molar-refractivity contribution in [2.45, 2.75) is 6.92 Å². The van der Waals surface area contributed by atoms with Crippen LogP contribution in [0.2, 0.25) is 5.02 Å². The molecule has 0 bridgehead atoms. The molecule has 1 aromatic heterocycles. The van der Waals surface area contributed by atoms with Gasteiger partial charge in [-0.3, -0.25) is 9.78 Å². The van der Waals surface area contributed by atoms with Crippen LogP contribution in [0.3, 0.4) is 0 Å². The zero-order valence-corrected chi connectivity index (χ0v) is 10.5. The Kier molecular flexibility index (Phi) is 3.48. The predicted octanol–water partition coefficient (Wildman–Crippen LogP) is 2.88. The van der Waals surface area contributed by atoms with Gasteiger partial charge in [0, 0.05) is 23.8 Å². The van der Waals surface area contributed by atoms with Gasteiger partial charge < -0.3 is 11.1 Å². The van der Waals surface area contributed by atoms with Crippen LogP contribution in [0.25, 0.3) is 0 Å². The number of carbonyl (C=O) groups excluding carboxylic acids is 1. The summed E-state index contributed by atoms with van der Waals surface area (Å²) in [5.41, 5.74) is 8.31. The molecule has 0 aliphatic rings. The van der Waals surface area contributed by atoms with Crippen LogP contribution < -0.4 is 11.1 Å². The molecule has 2 rings (SSSR count). The molecule has 1 amide bonds. The van der Waals surface area contributed by atoms with Gasteiger partial charge in [-0.15, -0.1) is 0 Å². The van der Waals surface area contributed by atoms with Gasteiger partial charge in [0.25, 0.3) is 5.91 Å². The van der Waals surface area contributed by atoms with Crippen LogP contribution in [0.15, 0.2) is 36.7 Å². The van der Waals surface area contributed by atoms with Gasteiger partial charge in [0.1, 0.15) is 0 Å². The van der Waals surface area contributed by atoms with Gasteiger partial charge in [-0.25, -0.2) is 0 Å². The van der Waals surface area contributed by atoms with E-state index in [1.54, 1.807) is 24.3 Å². The summed E-state index contributed by atoms with van der Waals surface area (Å²) in [4.78, 5) is 15.9. The number of nitrogens with zero attached hydrogens (tertiary/aromatic N) is 1. The standard InChI is InChI=1S/C13H12ClN3O/c1-8-6-9(15)2-3-12(8)17-13(18)10-4-5-16-7-11(10)14/h2-7H,15H2,1H3,(H,17,18). The zero-order chi connectivity index (χ0) is 13.1. The molecule has 0 aliphatic carbocycles. The highest BCUT2D eigenvalue weighted by Crippen LogP contribution is 2.20. The monoisotopic (exact) mass is 261 g/mol. The van der Waals surface area contributed by atoms with Crippen LogP contribution in [0.5, 0.6) is 0 Å². The molecule has 92 valence electrons. The number of nitrogens with two attached hydrogens (primary N) is 1. The molecule has 0 radical (unpaired) electrons. The average Bonchev–Trinajstić information content (AvgIpc) is 2.33. The second-order valence-corrected chi connectivity index (χ2v) is 4.29. The summed E-state index contributed by atoms with van der Waals surface area (Å²) in [5.74, 6) is -0.268. The second-order valence-electron chi connectivity index (χ2n) is 3.88. The van der Waals surface area contributed by atoms with Gasteiger partial charge in [0.15, 0.2) is 0 Å². The number of halogens is 1. The summed E-state index contributed by atoms with van der Waals surface area (Å²) < 4.78 is 0. The van der Waals surface area contributed by atoms with Crippen LogP contribution in [0.4, 0.5) is 11.4 Å². The number of hydrogen-bond acceptors (Lipinski definition) is 3. The maximum Gasteiger partial charge on any atom is 0.257 e. The number of nitrogens with one attached hydrogen (secondary N) is 1. The van der Waals surface area contributed by atoms with E-state index in [2.05, 4.69) is 10.3 Å². The third-order valence-electron chi connectivity index (χ3n) is 2.52. The Labute approximate surface area is 110 Å². The topological polar surface area (TPSA) is 68.0 Å². The van der Waals surface area contributed by atoms with Crippen molar-refractivity contribution >= 4 is 28.9 Å². The van der Waals surface area contributed by atoms with E-state index in [-0.39, 0.29) is 5.91 Å².